The van der Waals surface area contributed by atoms with E-state index >= 15 is 0 Å². The van der Waals surface area contributed by atoms with E-state index in [0.717, 1.165) is 38.2 Å². The van der Waals surface area contributed by atoms with Gasteiger partial charge in [-0.3, -0.25) is 9.59 Å². The van der Waals surface area contributed by atoms with Crippen LogP contribution in [0.15, 0.2) is 48.5 Å². The second kappa shape index (κ2) is 7.98. The van der Waals surface area contributed by atoms with Crippen molar-refractivity contribution in [2.24, 2.45) is 0 Å². The Bertz CT molecular complexity index is 1230. The van der Waals surface area contributed by atoms with E-state index < -0.39 is 0 Å². The van der Waals surface area contributed by atoms with Crippen molar-refractivity contribution in [2.75, 3.05) is 13.1 Å². The average molecular weight is 456 g/mol. The van der Waals surface area contributed by atoms with Gasteiger partial charge in [-0.05, 0) is 31.0 Å². The quantitative estimate of drug-likeness (QED) is 0.456. The topological polar surface area (TPSA) is 62.3 Å². The van der Waals surface area contributed by atoms with E-state index in [-0.39, 0.29) is 24.4 Å². The number of thiazole rings is 1. The van der Waals surface area contributed by atoms with Crippen LogP contribution in [0.25, 0.3) is 20.3 Å². The number of para-hydroxylation sites is 1. The van der Waals surface area contributed by atoms with Gasteiger partial charge in [0.25, 0.3) is 5.91 Å². The molecule has 8 heteroatoms. The van der Waals surface area contributed by atoms with Crippen LogP contribution in [0, 0.1) is 0 Å². The average Bonchev–Trinajstić information content (AvgIpc) is 3.48. The van der Waals surface area contributed by atoms with E-state index in [0.29, 0.717) is 16.4 Å². The van der Waals surface area contributed by atoms with Gasteiger partial charge in [0.05, 0.1) is 27.8 Å². The Balaban J connectivity index is 1.29. The number of nitrogens with one attached hydrogen (secondary N) is 1. The van der Waals surface area contributed by atoms with Gasteiger partial charge in [-0.2, -0.15) is 0 Å². The maximum Gasteiger partial charge on any atom is 0.263 e. The molecule has 4 aromatic rings. The Hall–Kier alpha value is -2.48. The minimum atomic E-state index is -0.315. The molecule has 3 heterocycles. The third-order valence-electron chi connectivity index (χ3n) is 5.31. The first-order valence-electron chi connectivity index (χ1n) is 9.72. The summed E-state index contributed by atoms with van der Waals surface area (Å²) in [5.74, 6) is -0.410. The molecule has 1 atom stereocenters. The van der Waals surface area contributed by atoms with Crippen molar-refractivity contribution in [3.63, 3.8) is 0 Å². The van der Waals surface area contributed by atoms with Gasteiger partial charge >= 0.3 is 0 Å². The van der Waals surface area contributed by atoms with Gasteiger partial charge in [0.2, 0.25) is 5.91 Å². The van der Waals surface area contributed by atoms with Gasteiger partial charge in [0, 0.05) is 16.6 Å². The molecule has 5 rings (SSSR count). The van der Waals surface area contributed by atoms with Crippen LogP contribution in [0.3, 0.4) is 0 Å². The SMILES string of the molecule is O=C(NCC(=O)N1CCC[C@H]1c1nc2ccccc2s1)c1sc2ccccc2c1Cl. The molecule has 2 aromatic carbocycles. The fraction of sp³-hybridized carbons (Fsp3) is 0.227. The number of hydrogen-bond donors (Lipinski definition) is 1. The molecule has 2 amide bonds. The Kier molecular flexibility index (Phi) is 5.18. The van der Waals surface area contributed by atoms with E-state index in [1.807, 2.05) is 53.4 Å². The first-order valence-corrected chi connectivity index (χ1v) is 11.7. The predicted molar refractivity (Wildman–Crippen MR) is 122 cm³/mol. The van der Waals surface area contributed by atoms with Crippen molar-refractivity contribution >= 4 is 66.4 Å². The second-order valence-electron chi connectivity index (χ2n) is 7.19. The Morgan fingerprint density at radius 3 is 2.67 bits per heavy atom. The predicted octanol–water partition coefficient (Wildman–Crippen LogP) is 5.26. The summed E-state index contributed by atoms with van der Waals surface area (Å²) in [7, 11) is 0. The van der Waals surface area contributed by atoms with E-state index in [4.69, 9.17) is 16.6 Å². The monoisotopic (exact) mass is 455 g/mol. The van der Waals surface area contributed by atoms with E-state index in [9.17, 15) is 9.59 Å². The largest absolute Gasteiger partial charge is 0.342 e. The number of halogens is 1. The third-order valence-corrected chi connectivity index (χ3v) is 8.12. The maximum atomic E-state index is 12.9. The smallest absolute Gasteiger partial charge is 0.263 e. The lowest BCUT2D eigenvalue weighted by molar-refractivity contribution is -0.131. The molecule has 1 fully saturated rings. The van der Waals surface area contributed by atoms with Crippen LogP contribution in [0.1, 0.15) is 33.6 Å². The highest BCUT2D eigenvalue weighted by Gasteiger charge is 2.32. The number of likely N-dealkylation sites (tertiary alicyclic amines) is 1. The lowest BCUT2D eigenvalue weighted by Crippen LogP contribution is -2.39. The summed E-state index contributed by atoms with van der Waals surface area (Å²) in [5.41, 5.74) is 0.963. The summed E-state index contributed by atoms with van der Waals surface area (Å²) in [5, 5.41) is 5.01. The van der Waals surface area contributed by atoms with Crippen molar-refractivity contribution in [3.8, 4) is 0 Å². The normalized spacial score (nSPS) is 16.4. The molecule has 0 unspecified atom stereocenters. The van der Waals surface area contributed by atoms with E-state index in [1.165, 1.54) is 11.3 Å². The van der Waals surface area contributed by atoms with Crippen LogP contribution in [-0.4, -0.2) is 34.8 Å². The number of carbonyl (C=O) groups excluding carboxylic acids is 2. The molecule has 1 aliphatic heterocycles. The molecule has 5 nitrogen and oxygen atoms in total. The van der Waals surface area contributed by atoms with Gasteiger partial charge in [-0.25, -0.2) is 4.98 Å². The fourth-order valence-electron chi connectivity index (χ4n) is 3.85. The van der Waals surface area contributed by atoms with Crippen LogP contribution in [-0.2, 0) is 4.79 Å². The standard InChI is InChI=1S/C22H18ClN3O2S2/c23-19-13-6-1-3-9-16(13)29-20(19)21(28)24-12-18(27)26-11-5-8-15(26)22-25-14-7-2-4-10-17(14)30-22/h1-4,6-7,9-10,15H,5,8,11-12H2,(H,24,28)/t15-/m0/s1. The van der Waals surface area contributed by atoms with Crippen LogP contribution >= 0.6 is 34.3 Å². The summed E-state index contributed by atoms with van der Waals surface area (Å²) >= 11 is 9.36. The first kappa shape index (κ1) is 19.5. The molecule has 30 heavy (non-hydrogen) atoms. The van der Waals surface area contributed by atoms with Gasteiger partial charge in [0.15, 0.2) is 0 Å². The molecule has 0 aliphatic carbocycles. The highest BCUT2D eigenvalue weighted by molar-refractivity contribution is 7.21. The molecule has 0 radical (unpaired) electrons. The molecule has 1 saturated heterocycles. The number of carbonyl (C=O) groups is 2. The number of benzene rings is 2. The number of aromatic nitrogens is 1. The summed E-state index contributed by atoms with van der Waals surface area (Å²) in [6.45, 7) is 0.629. The molecule has 0 spiro atoms. The van der Waals surface area contributed by atoms with Crippen LogP contribution < -0.4 is 5.32 Å². The molecule has 1 N–H and O–H groups in total. The zero-order valence-electron chi connectivity index (χ0n) is 15.9. The summed E-state index contributed by atoms with van der Waals surface area (Å²) in [4.78, 5) is 32.6. The summed E-state index contributed by atoms with van der Waals surface area (Å²) < 4.78 is 2.08. The van der Waals surface area contributed by atoms with E-state index in [1.54, 1.807) is 11.3 Å². The van der Waals surface area contributed by atoms with Crippen molar-refractivity contribution in [1.29, 1.82) is 0 Å². The fourth-order valence-corrected chi connectivity index (χ4v) is 6.40. The van der Waals surface area contributed by atoms with Crippen molar-refractivity contribution in [2.45, 2.75) is 18.9 Å². The summed E-state index contributed by atoms with van der Waals surface area (Å²) in [6, 6.07) is 15.6. The van der Waals surface area contributed by atoms with Crippen LogP contribution in [0.5, 0.6) is 0 Å². The lowest BCUT2D eigenvalue weighted by Gasteiger charge is -2.23. The molecule has 1 aliphatic rings. The highest BCUT2D eigenvalue weighted by Crippen LogP contribution is 2.37. The maximum absolute atomic E-state index is 12.9. The minimum absolute atomic E-state index is 0.0280. The van der Waals surface area contributed by atoms with E-state index in [2.05, 4.69) is 5.32 Å². The zero-order chi connectivity index (χ0) is 20.7. The third kappa shape index (κ3) is 3.47. The van der Waals surface area contributed by atoms with Gasteiger partial charge in [-0.1, -0.05) is 41.9 Å². The van der Waals surface area contributed by atoms with Gasteiger partial charge < -0.3 is 10.2 Å². The zero-order valence-corrected chi connectivity index (χ0v) is 18.3. The minimum Gasteiger partial charge on any atom is -0.342 e. The number of hydrogen-bond acceptors (Lipinski definition) is 5. The highest BCUT2D eigenvalue weighted by atomic mass is 35.5. The molecule has 2 aromatic heterocycles. The first-order chi connectivity index (χ1) is 14.6. The number of fused-ring (bicyclic) bond motifs is 2. The van der Waals surface area contributed by atoms with Crippen LogP contribution in [0.2, 0.25) is 5.02 Å². The number of amides is 2. The van der Waals surface area contributed by atoms with Crippen LogP contribution in [0.4, 0.5) is 0 Å². The van der Waals surface area contributed by atoms with Crippen molar-refractivity contribution in [3.05, 3.63) is 63.4 Å². The molecular formula is C22H18ClN3O2S2. The second-order valence-corrected chi connectivity index (χ2v) is 9.68. The number of rotatable bonds is 4. The molecule has 0 saturated carbocycles. The number of nitrogens with zero attached hydrogens (tertiary/aromatic N) is 2. The Morgan fingerprint density at radius 2 is 1.87 bits per heavy atom. The van der Waals surface area contributed by atoms with Gasteiger partial charge in [0.1, 0.15) is 9.88 Å². The molecular weight excluding hydrogens is 438 g/mol. The Morgan fingerprint density at radius 1 is 1.10 bits per heavy atom. The van der Waals surface area contributed by atoms with Crippen molar-refractivity contribution in [1.82, 2.24) is 15.2 Å². The number of thiophene rings is 1. The molecule has 0 bridgehead atoms. The van der Waals surface area contributed by atoms with Gasteiger partial charge in [-0.15, -0.1) is 22.7 Å². The Labute approximate surface area is 186 Å². The molecule has 152 valence electrons. The van der Waals surface area contributed by atoms with Crippen molar-refractivity contribution < 1.29 is 9.59 Å². The lowest BCUT2D eigenvalue weighted by atomic mass is 10.2. The summed E-state index contributed by atoms with van der Waals surface area (Å²) in [6.07, 6.45) is 1.82.